The zero-order chi connectivity index (χ0) is 13.0. The van der Waals surface area contributed by atoms with E-state index in [1.54, 1.807) is 6.07 Å². The monoisotopic (exact) mass is 259 g/mol. The molecule has 3 fully saturated rings. The van der Waals surface area contributed by atoms with Crippen LogP contribution in [0.15, 0.2) is 24.3 Å². The fraction of sp³-hybridized carbons (Fsp3) is 0.647. The zero-order valence-corrected chi connectivity index (χ0v) is 11.5. The summed E-state index contributed by atoms with van der Waals surface area (Å²) in [5.74, 6) is 4.77. The number of rotatable bonds is 4. The van der Waals surface area contributed by atoms with Gasteiger partial charge in [-0.25, -0.2) is 4.39 Å². The van der Waals surface area contributed by atoms with Gasteiger partial charge in [0.1, 0.15) is 5.82 Å². The Labute approximate surface area is 114 Å². The van der Waals surface area contributed by atoms with Crippen molar-refractivity contribution in [3.8, 4) is 0 Å². The largest absolute Gasteiger partial charge is 0.316 e. The van der Waals surface area contributed by atoms with Crippen LogP contribution in [-0.4, -0.2) is 13.1 Å². The number of hydrogen-bond acceptors (Lipinski definition) is 1. The Morgan fingerprint density at radius 3 is 2.63 bits per heavy atom. The van der Waals surface area contributed by atoms with E-state index in [1.165, 1.54) is 25.3 Å². The van der Waals surface area contributed by atoms with Gasteiger partial charge in [0, 0.05) is 6.04 Å². The lowest BCUT2D eigenvalue weighted by Crippen LogP contribution is -2.32. The minimum absolute atomic E-state index is 0.108. The first-order valence-electron chi connectivity index (χ1n) is 7.69. The molecule has 0 amide bonds. The molecule has 0 spiro atoms. The van der Waals surface area contributed by atoms with E-state index in [1.807, 2.05) is 6.07 Å². The van der Waals surface area contributed by atoms with Gasteiger partial charge in [-0.1, -0.05) is 12.1 Å². The van der Waals surface area contributed by atoms with Crippen LogP contribution in [0.3, 0.4) is 0 Å². The van der Waals surface area contributed by atoms with Gasteiger partial charge in [-0.05, 0) is 80.0 Å². The number of halogens is 1. The third-order valence-corrected chi connectivity index (χ3v) is 5.97. The third-order valence-electron chi connectivity index (χ3n) is 5.97. The van der Waals surface area contributed by atoms with Gasteiger partial charge < -0.3 is 5.32 Å². The summed E-state index contributed by atoms with van der Waals surface area (Å²) >= 11 is 0. The Balaban J connectivity index is 1.48. The summed E-state index contributed by atoms with van der Waals surface area (Å²) in [5, 5.41) is 3.51. The van der Waals surface area contributed by atoms with Gasteiger partial charge in [0.15, 0.2) is 0 Å². The minimum atomic E-state index is -0.108. The topological polar surface area (TPSA) is 12.0 Å². The molecule has 0 saturated heterocycles. The van der Waals surface area contributed by atoms with Crippen molar-refractivity contribution in [3.63, 3.8) is 0 Å². The van der Waals surface area contributed by atoms with E-state index in [0.29, 0.717) is 6.04 Å². The number of likely N-dealkylation sites (N-methyl/N-ethyl adjacent to an activating group) is 1. The maximum absolute atomic E-state index is 13.3. The normalized spacial score (nSPS) is 40.2. The van der Waals surface area contributed by atoms with Crippen molar-refractivity contribution in [1.29, 1.82) is 0 Å². The summed E-state index contributed by atoms with van der Waals surface area (Å²) in [5.41, 5.74) is 1.14. The Bertz CT molecular complexity index is 470. The average Bonchev–Trinajstić information content (AvgIpc) is 2.83. The molecule has 1 N–H and O–H groups in total. The molecule has 1 aromatic carbocycles. The second-order valence-corrected chi connectivity index (χ2v) is 6.79. The standard InChI is InChI=1S/C17H22FN/c1-19-14(8-10-3-2-4-13(18)7-10)17-15-11-5-6-12(9-11)16(15)17/h2-4,7,11-12,14-17,19H,5-6,8-9H2,1H3. The van der Waals surface area contributed by atoms with Gasteiger partial charge >= 0.3 is 0 Å². The zero-order valence-electron chi connectivity index (χ0n) is 11.5. The second kappa shape index (κ2) is 4.31. The van der Waals surface area contributed by atoms with Crippen molar-refractivity contribution in [1.82, 2.24) is 5.32 Å². The van der Waals surface area contributed by atoms with Gasteiger partial charge in [-0.15, -0.1) is 0 Å². The maximum Gasteiger partial charge on any atom is 0.123 e. The smallest absolute Gasteiger partial charge is 0.123 e. The van der Waals surface area contributed by atoms with Crippen LogP contribution in [0.1, 0.15) is 24.8 Å². The first kappa shape index (κ1) is 11.9. The van der Waals surface area contributed by atoms with Crippen LogP contribution >= 0.6 is 0 Å². The molecule has 2 heteroatoms. The van der Waals surface area contributed by atoms with Crippen LogP contribution in [0.4, 0.5) is 4.39 Å². The molecule has 102 valence electrons. The van der Waals surface area contributed by atoms with Crippen LogP contribution in [0.5, 0.6) is 0 Å². The summed E-state index contributed by atoms with van der Waals surface area (Å²) in [6.07, 6.45) is 5.42. The summed E-state index contributed by atoms with van der Waals surface area (Å²) in [7, 11) is 2.07. The van der Waals surface area contributed by atoms with Crippen LogP contribution in [-0.2, 0) is 6.42 Å². The fourth-order valence-electron chi connectivity index (χ4n) is 5.28. The van der Waals surface area contributed by atoms with Gasteiger partial charge in [0.05, 0.1) is 0 Å². The Kier molecular flexibility index (Phi) is 2.70. The highest BCUT2D eigenvalue weighted by Gasteiger charge is 2.66. The molecule has 3 aliphatic rings. The Hall–Kier alpha value is -0.890. The van der Waals surface area contributed by atoms with Crippen LogP contribution in [0, 0.1) is 35.4 Å². The molecule has 1 nitrogen and oxygen atoms in total. The molecule has 0 aromatic heterocycles. The molecule has 0 heterocycles. The molecule has 0 radical (unpaired) electrons. The number of fused-ring (bicyclic) bond motifs is 5. The van der Waals surface area contributed by atoms with Crippen molar-refractivity contribution in [2.75, 3.05) is 7.05 Å². The summed E-state index contributed by atoms with van der Waals surface area (Å²) < 4.78 is 13.3. The summed E-state index contributed by atoms with van der Waals surface area (Å²) in [6.45, 7) is 0. The van der Waals surface area contributed by atoms with E-state index in [4.69, 9.17) is 0 Å². The first-order valence-corrected chi connectivity index (χ1v) is 7.69. The third kappa shape index (κ3) is 1.84. The summed E-state index contributed by atoms with van der Waals surface area (Å²) in [4.78, 5) is 0. The molecule has 19 heavy (non-hydrogen) atoms. The van der Waals surface area contributed by atoms with Gasteiger partial charge in [-0.2, -0.15) is 0 Å². The SMILES string of the molecule is CNC(Cc1cccc(F)c1)C1C2C3CCC(C3)C21. The van der Waals surface area contributed by atoms with E-state index >= 15 is 0 Å². The lowest BCUT2D eigenvalue weighted by atomic mass is 9.93. The second-order valence-electron chi connectivity index (χ2n) is 6.79. The Morgan fingerprint density at radius 1 is 1.26 bits per heavy atom. The molecule has 4 rings (SSSR count). The van der Waals surface area contributed by atoms with Crippen LogP contribution in [0.2, 0.25) is 0 Å². The lowest BCUT2D eigenvalue weighted by Gasteiger charge is -2.20. The minimum Gasteiger partial charge on any atom is -0.316 e. The van der Waals surface area contributed by atoms with E-state index in [9.17, 15) is 4.39 Å². The van der Waals surface area contributed by atoms with Crippen molar-refractivity contribution in [2.45, 2.75) is 31.7 Å². The highest BCUT2D eigenvalue weighted by atomic mass is 19.1. The lowest BCUT2D eigenvalue weighted by molar-refractivity contribution is 0.376. The van der Waals surface area contributed by atoms with Crippen molar-refractivity contribution >= 4 is 0 Å². The molecule has 1 aromatic rings. The van der Waals surface area contributed by atoms with Gasteiger partial charge in [0.2, 0.25) is 0 Å². The van der Waals surface area contributed by atoms with Crippen molar-refractivity contribution in [3.05, 3.63) is 35.6 Å². The first-order chi connectivity index (χ1) is 9.28. The maximum atomic E-state index is 13.3. The Morgan fingerprint density at radius 2 is 2.00 bits per heavy atom. The fourth-order valence-corrected chi connectivity index (χ4v) is 5.28. The molecular formula is C17H22FN. The van der Waals surface area contributed by atoms with E-state index in [0.717, 1.165) is 41.6 Å². The van der Waals surface area contributed by atoms with E-state index < -0.39 is 0 Å². The predicted octanol–water partition coefficient (Wildman–Crippen LogP) is 3.25. The van der Waals surface area contributed by atoms with E-state index in [2.05, 4.69) is 18.4 Å². The number of hydrogen-bond donors (Lipinski definition) is 1. The van der Waals surface area contributed by atoms with Crippen LogP contribution in [0.25, 0.3) is 0 Å². The number of benzene rings is 1. The molecule has 3 saturated carbocycles. The van der Waals surface area contributed by atoms with Crippen LogP contribution < -0.4 is 5.32 Å². The quantitative estimate of drug-likeness (QED) is 0.875. The highest BCUT2D eigenvalue weighted by molar-refractivity contribution is 5.21. The molecule has 5 atom stereocenters. The molecular weight excluding hydrogens is 237 g/mol. The van der Waals surface area contributed by atoms with Crippen molar-refractivity contribution in [2.24, 2.45) is 29.6 Å². The molecule has 3 aliphatic carbocycles. The molecule has 5 unspecified atom stereocenters. The van der Waals surface area contributed by atoms with Gasteiger partial charge in [0.25, 0.3) is 0 Å². The molecule has 0 aliphatic heterocycles. The van der Waals surface area contributed by atoms with Gasteiger partial charge in [-0.3, -0.25) is 0 Å². The highest BCUT2D eigenvalue weighted by Crippen LogP contribution is 2.70. The van der Waals surface area contributed by atoms with Crippen molar-refractivity contribution < 1.29 is 4.39 Å². The number of nitrogens with one attached hydrogen (secondary N) is 1. The average molecular weight is 259 g/mol. The van der Waals surface area contributed by atoms with E-state index in [-0.39, 0.29) is 5.82 Å². The summed E-state index contributed by atoms with van der Waals surface area (Å²) in [6, 6.07) is 7.65. The molecule has 2 bridgehead atoms. The predicted molar refractivity (Wildman–Crippen MR) is 74.3 cm³/mol.